The topological polar surface area (TPSA) is 26.0 Å². The predicted octanol–water partition coefficient (Wildman–Crippen LogP) is 2.97. The molecule has 17 heteroatoms. The van der Waals surface area contributed by atoms with Gasteiger partial charge in [-0.3, -0.25) is 0 Å². The van der Waals surface area contributed by atoms with Gasteiger partial charge in [-0.15, -0.1) is 0 Å². The van der Waals surface area contributed by atoms with Gasteiger partial charge in [-0.05, 0) is 0 Å². The average molecular weight is 330 g/mol. The first-order chi connectivity index (χ1) is 7.41. The summed E-state index contributed by atoms with van der Waals surface area (Å²) in [6.45, 7) is 0. The molecule has 2 N–H and O–H groups in total. The van der Waals surface area contributed by atoms with Gasteiger partial charge < -0.3 is 51.8 Å². The molecule has 0 rings (SSSR count). The van der Waals surface area contributed by atoms with E-state index in [1.165, 1.54) is 0 Å². The summed E-state index contributed by atoms with van der Waals surface area (Å²) in [7, 11) is -18.0. The van der Waals surface area contributed by atoms with Gasteiger partial charge in [0.1, 0.15) is 0 Å². The van der Waals surface area contributed by atoms with Crippen molar-refractivity contribution in [1.82, 2.24) is 0 Å². The summed E-state index contributed by atoms with van der Waals surface area (Å²) in [5, 5.41) is 0. The SMILES string of the molecule is F[B-](F)(F)F.F[B-](F)(F)F.F[B-](F)(F)F.N[CH2][K]. The van der Waals surface area contributed by atoms with E-state index in [2.05, 4.69) is 0 Å². The number of rotatable bonds is 0. The predicted molar refractivity (Wildman–Crippen MR) is 45.4 cm³/mol. The normalized spacial score (nSPS) is 11.1. The fourth-order valence-electron chi connectivity index (χ4n) is 0. The Morgan fingerprint density at radius 1 is 0.556 bits per heavy atom. The molecule has 0 saturated carbocycles. The zero-order valence-electron chi connectivity index (χ0n) is 8.55. The van der Waals surface area contributed by atoms with E-state index in [0.29, 0.717) is 0 Å². The number of halogens is 12. The summed E-state index contributed by atoms with van der Waals surface area (Å²) in [6, 6.07) is 0. The molecular formula is CH4B3F12KN-3. The Kier molecular flexibility index (Phi) is 19.7. The van der Waals surface area contributed by atoms with Gasteiger partial charge >= 0.3 is 77.1 Å². The fraction of sp³-hybridized carbons (Fsp3) is 1.00. The van der Waals surface area contributed by atoms with Crippen LogP contribution in [0.25, 0.3) is 0 Å². The average Bonchev–Trinajstić information content (AvgIpc) is 1.71. The molecule has 0 unspecified atom stereocenters. The summed E-state index contributed by atoms with van der Waals surface area (Å²) in [5.41, 5.74) is 4.93. The number of hydrogen-bond acceptors (Lipinski definition) is 1. The molecule has 0 spiro atoms. The molecule has 0 bridgehead atoms. The fourth-order valence-corrected chi connectivity index (χ4v) is 0. The molecule has 0 aromatic heterocycles. The van der Waals surface area contributed by atoms with Crippen molar-refractivity contribution in [3.05, 3.63) is 0 Å². The van der Waals surface area contributed by atoms with Crippen LogP contribution in [0.15, 0.2) is 0 Å². The van der Waals surface area contributed by atoms with Crippen LogP contribution in [-0.2, 0) is 0 Å². The van der Waals surface area contributed by atoms with Crippen LogP contribution in [0.5, 0.6) is 0 Å². The van der Waals surface area contributed by atoms with Gasteiger partial charge in [-0.25, -0.2) is 0 Å². The molecule has 0 aromatic rings. The van der Waals surface area contributed by atoms with E-state index in [1.807, 2.05) is 0 Å². The van der Waals surface area contributed by atoms with Crippen molar-refractivity contribution in [2.24, 2.45) is 5.73 Å². The van der Waals surface area contributed by atoms with Gasteiger partial charge in [0.05, 0.1) is 0 Å². The summed E-state index contributed by atoms with van der Waals surface area (Å²) in [4.78, 5) is 0. The zero-order valence-corrected chi connectivity index (χ0v) is 11.7. The van der Waals surface area contributed by atoms with E-state index in [4.69, 9.17) is 5.73 Å². The molecule has 0 amide bonds. The zero-order chi connectivity index (χ0) is 16.2. The van der Waals surface area contributed by atoms with Gasteiger partial charge in [-0.2, -0.15) is 0 Å². The monoisotopic (exact) mass is 330 g/mol. The molecule has 18 heavy (non-hydrogen) atoms. The third-order valence-electron chi connectivity index (χ3n) is 0. The Labute approximate surface area is 128 Å². The third kappa shape index (κ3) is 4770. The van der Waals surface area contributed by atoms with Crippen molar-refractivity contribution in [2.75, 3.05) is 0.639 Å². The molecular weight excluding hydrogens is 326 g/mol. The van der Waals surface area contributed by atoms with Crippen molar-refractivity contribution in [2.45, 2.75) is 0 Å². The van der Waals surface area contributed by atoms with Crippen LogP contribution in [0.2, 0.25) is 0 Å². The molecule has 110 valence electrons. The Balaban J connectivity index is -0.0000000739. The minimum absolute atomic E-state index is 0.882. The van der Waals surface area contributed by atoms with E-state index < -0.39 is 21.8 Å². The van der Waals surface area contributed by atoms with Crippen LogP contribution < -0.4 is 5.73 Å². The third-order valence-corrected chi connectivity index (χ3v) is 0. The van der Waals surface area contributed by atoms with Crippen molar-refractivity contribution < 1.29 is 51.8 Å². The molecule has 0 atom stereocenters. The van der Waals surface area contributed by atoms with E-state index in [1.54, 1.807) is 0 Å². The second kappa shape index (κ2) is 13.0. The van der Waals surface area contributed by atoms with E-state index in [0.717, 1.165) is 49.6 Å². The Bertz CT molecular complexity index is 114. The van der Waals surface area contributed by atoms with Gasteiger partial charge in [-0.1, -0.05) is 0 Å². The van der Waals surface area contributed by atoms with Gasteiger partial charge in [0.2, 0.25) is 0 Å². The maximum absolute atomic E-state index is 9.75. The van der Waals surface area contributed by atoms with Crippen LogP contribution in [0.4, 0.5) is 51.8 Å². The first-order valence-corrected chi connectivity index (χ1v) is 5.94. The van der Waals surface area contributed by atoms with E-state index in [-0.39, 0.29) is 0 Å². The van der Waals surface area contributed by atoms with Crippen molar-refractivity contribution in [1.29, 1.82) is 0 Å². The Hall–Kier alpha value is 0.951. The van der Waals surface area contributed by atoms with Gasteiger partial charge in [0.15, 0.2) is 0 Å². The van der Waals surface area contributed by atoms with Crippen LogP contribution in [-0.4, -0.2) is 71.4 Å². The summed E-state index contributed by atoms with van der Waals surface area (Å²) < 4.78 is 118. The second-order valence-electron chi connectivity index (χ2n) is 1.89. The Morgan fingerprint density at radius 3 is 0.556 bits per heavy atom. The first-order valence-electron chi connectivity index (χ1n) is 3.73. The van der Waals surface area contributed by atoms with Crippen LogP contribution in [0.3, 0.4) is 0 Å². The molecule has 0 aliphatic carbocycles. The molecule has 0 heterocycles. The van der Waals surface area contributed by atoms with Gasteiger partial charge in [0.25, 0.3) is 0 Å². The quantitative estimate of drug-likeness (QED) is 0.537. The van der Waals surface area contributed by atoms with Crippen molar-refractivity contribution in [3.8, 4) is 0 Å². The Morgan fingerprint density at radius 2 is 0.556 bits per heavy atom. The number of nitrogens with two attached hydrogens (primary N) is 1. The van der Waals surface area contributed by atoms with Crippen LogP contribution in [0.1, 0.15) is 0 Å². The number of hydrogen-bond donors (Lipinski definition) is 1. The molecule has 0 aliphatic rings. The second-order valence-corrected chi connectivity index (χ2v) is 3.17. The van der Waals surface area contributed by atoms with E-state index in [9.17, 15) is 51.8 Å². The van der Waals surface area contributed by atoms with Crippen LogP contribution in [0, 0.1) is 0 Å². The molecule has 1 nitrogen and oxygen atoms in total. The van der Waals surface area contributed by atoms with Crippen molar-refractivity contribution >= 4 is 70.7 Å². The summed E-state index contributed by atoms with van der Waals surface area (Å²) >= 11 is 0.882. The minimum atomic E-state index is -6.00. The molecule has 0 radical (unpaired) electrons. The summed E-state index contributed by atoms with van der Waals surface area (Å²) in [5.74, 6) is 0. The van der Waals surface area contributed by atoms with E-state index >= 15 is 0 Å². The summed E-state index contributed by atoms with van der Waals surface area (Å²) in [6.07, 6.45) is 0. The van der Waals surface area contributed by atoms with Crippen molar-refractivity contribution in [3.63, 3.8) is 0 Å². The molecule has 0 saturated heterocycles. The standard InChI is InChI=1S/CH4N.3BF4.K/c1-2;3*2-1(3,4)5;/h1-2H2;;;;/q;3*-1;. The molecule has 0 aliphatic heterocycles. The van der Waals surface area contributed by atoms with Gasteiger partial charge in [0, 0.05) is 0 Å². The molecule has 0 fully saturated rings. The van der Waals surface area contributed by atoms with Crippen LogP contribution >= 0.6 is 0 Å². The first kappa shape index (κ1) is 27.3. The molecule has 0 aromatic carbocycles. The maximum atomic E-state index is 9.75.